The van der Waals surface area contributed by atoms with Gasteiger partial charge in [0.1, 0.15) is 11.5 Å². The molecule has 3 aromatic rings. The summed E-state index contributed by atoms with van der Waals surface area (Å²) >= 11 is 6.29. The second-order valence-corrected chi connectivity index (χ2v) is 10.7. The van der Waals surface area contributed by atoms with Crippen LogP contribution in [0.15, 0.2) is 77.7 Å². The molecule has 10 heteroatoms. The van der Waals surface area contributed by atoms with E-state index in [0.717, 1.165) is 19.6 Å². The lowest BCUT2D eigenvalue weighted by Crippen LogP contribution is -2.49. The Morgan fingerprint density at radius 3 is 2.30 bits per heavy atom. The number of piperazine rings is 1. The lowest BCUT2D eigenvalue weighted by Gasteiger charge is -2.34. The maximum atomic E-state index is 12.8. The van der Waals surface area contributed by atoms with Gasteiger partial charge in [0, 0.05) is 38.4 Å². The summed E-state index contributed by atoms with van der Waals surface area (Å²) in [7, 11) is -3.86. The van der Waals surface area contributed by atoms with Crippen molar-refractivity contribution in [1.29, 1.82) is 0 Å². The smallest absolute Gasteiger partial charge is 0.261 e. The molecule has 37 heavy (non-hydrogen) atoms. The molecule has 0 spiro atoms. The summed E-state index contributed by atoms with van der Waals surface area (Å²) in [5.74, 6) is 0.764. The number of hydrogen-bond acceptors (Lipinski definition) is 6. The van der Waals surface area contributed by atoms with Gasteiger partial charge in [-0.25, -0.2) is 8.42 Å². The van der Waals surface area contributed by atoms with Crippen LogP contribution in [0.3, 0.4) is 0 Å². The highest BCUT2D eigenvalue weighted by molar-refractivity contribution is 7.92. The fraction of sp³-hybridized carbons (Fsp3) is 0.296. The fourth-order valence-electron chi connectivity index (χ4n) is 3.99. The van der Waals surface area contributed by atoms with Crippen molar-refractivity contribution in [3.8, 4) is 11.5 Å². The minimum atomic E-state index is -3.86. The van der Waals surface area contributed by atoms with E-state index >= 15 is 0 Å². The Hall–Kier alpha value is -3.27. The van der Waals surface area contributed by atoms with Crippen LogP contribution < -0.4 is 14.2 Å². The molecular weight excluding hydrogens is 514 g/mol. The minimum Gasteiger partial charge on any atom is -0.494 e. The highest BCUT2D eigenvalue weighted by Gasteiger charge is 2.22. The van der Waals surface area contributed by atoms with Gasteiger partial charge in [0.25, 0.3) is 15.9 Å². The molecule has 8 nitrogen and oxygen atoms in total. The van der Waals surface area contributed by atoms with E-state index in [0.29, 0.717) is 31.1 Å². The lowest BCUT2D eigenvalue weighted by molar-refractivity contribution is -0.135. The van der Waals surface area contributed by atoms with Crippen molar-refractivity contribution < 1.29 is 22.7 Å². The van der Waals surface area contributed by atoms with Gasteiger partial charge in [0.15, 0.2) is 6.61 Å². The van der Waals surface area contributed by atoms with Gasteiger partial charge in [-0.3, -0.25) is 14.4 Å². The number of sulfonamides is 1. The Labute approximate surface area is 222 Å². The molecule has 0 unspecified atom stereocenters. The molecule has 1 aliphatic rings. The predicted octanol–water partition coefficient (Wildman–Crippen LogP) is 4.26. The van der Waals surface area contributed by atoms with Crippen molar-refractivity contribution >= 4 is 33.2 Å². The van der Waals surface area contributed by atoms with Crippen LogP contribution in [0.1, 0.15) is 12.5 Å². The second-order valence-electron chi connectivity index (χ2n) is 8.59. The SMILES string of the molecule is CCOc1ccc(NS(=O)(=O)c2ccc(OCC(=O)N3CCN(Cc4ccccc4)CC3)c(Cl)c2)cc1. The largest absolute Gasteiger partial charge is 0.494 e. The zero-order valence-electron chi connectivity index (χ0n) is 20.6. The average molecular weight is 544 g/mol. The number of rotatable bonds is 10. The normalized spacial score (nSPS) is 14.3. The van der Waals surface area contributed by atoms with Gasteiger partial charge < -0.3 is 14.4 Å². The summed E-state index contributed by atoms with van der Waals surface area (Å²) in [6, 6.07) is 21.0. The Morgan fingerprint density at radius 1 is 0.946 bits per heavy atom. The molecular formula is C27H30ClN3O5S. The molecule has 1 aliphatic heterocycles. The molecule has 0 bridgehead atoms. The minimum absolute atomic E-state index is 0.0143. The Morgan fingerprint density at radius 2 is 1.65 bits per heavy atom. The number of nitrogens with one attached hydrogen (secondary N) is 1. The molecule has 0 radical (unpaired) electrons. The molecule has 0 aromatic heterocycles. The number of amides is 1. The van der Waals surface area contributed by atoms with Crippen molar-refractivity contribution in [2.45, 2.75) is 18.4 Å². The standard InChI is InChI=1S/C27H30ClN3O5S/c1-2-35-23-10-8-22(9-11-23)29-37(33,34)24-12-13-26(25(28)18-24)36-20-27(32)31-16-14-30(15-17-31)19-21-6-4-3-5-7-21/h3-13,18,29H,2,14-17,19-20H2,1H3. The first-order valence-corrected chi connectivity index (χ1v) is 13.9. The van der Waals surface area contributed by atoms with Crippen molar-refractivity contribution in [2.24, 2.45) is 0 Å². The van der Waals surface area contributed by atoms with Crippen LogP contribution in [-0.2, 0) is 21.4 Å². The lowest BCUT2D eigenvalue weighted by atomic mass is 10.2. The molecule has 1 heterocycles. The molecule has 4 rings (SSSR count). The Balaban J connectivity index is 1.28. The maximum absolute atomic E-state index is 12.8. The second kappa shape index (κ2) is 12.3. The van der Waals surface area contributed by atoms with E-state index in [4.69, 9.17) is 21.1 Å². The van der Waals surface area contributed by atoms with E-state index in [2.05, 4.69) is 21.8 Å². The quantitative estimate of drug-likeness (QED) is 0.411. The van der Waals surface area contributed by atoms with Crippen LogP contribution in [0.25, 0.3) is 0 Å². The summed E-state index contributed by atoms with van der Waals surface area (Å²) in [4.78, 5) is 16.7. The number of carbonyl (C=O) groups is 1. The molecule has 0 atom stereocenters. The number of nitrogens with zero attached hydrogens (tertiary/aromatic N) is 2. The van der Waals surface area contributed by atoms with E-state index in [1.54, 1.807) is 29.2 Å². The third-order valence-corrected chi connectivity index (χ3v) is 7.63. The number of ether oxygens (including phenoxy) is 2. The summed E-state index contributed by atoms with van der Waals surface area (Å²) in [6.45, 7) is 5.90. The first-order chi connectivity index (χ1) is 17.8. The zero-order valence-corrected chi connectivity index (χ0v) is 22.2. The van der Waals surface area contributed by atoms with Gasteiger partial charge in [-0.1, -0.05) is 41.9 Å². The van der Waals surface area contributed by atoms with Gasteiger partial charge in [-0.15, -0.1) is 0 Å². The van der Waals surface area contributed by atoms with Gasteiger partial charge in [0.05, 0.1) is 16.5 Å². The van der Waals surface area contributed by atoms with Crippen LogP contribution in [0.2, 0.25) is 5.02 Å². The first kappa shape index (κ1) is 26.8. The fourth-order valence-corrected chi connectivity index (χ4v) is 5.38. The van der Waals surface area contributed by atoms with Crippen LogP contribution in [0.4, 0.5) is 5.69 Å². The Kier molecular flexibility index (Phi) is 8.91. The first-order valence-electron chi connectivity index (χ1n) is 12.1. The van der Waals surface area contributed by atoms with Crippen molar-refractivity contribution in [3.05, 3.63) is 83.4 Å². The van der Waals surface area contributed by atoms with Gasteiger partial charge in [-0.2, -0.15) is 0 Å². The number of hydrogen-bond donors (Lipinski definition) is 1. The highest BCUT2D eigenvalue weighted by atomic mass is 35.5. The average Bonchev–Trinajstić information content (AvgIpc) is 2.90. The van der Waals surface area contributed by atoms with Crippen LogP contribution in [-0.4, -0.2) is 63.5 Å². The molecule has 1 fully saturated rings. The number of benzene rings is 3. The van der Waals surface area contributed by atoms with Gasteiger partial charge >= 0.3 is 0 Å². The summed E-state index contributed by atoms with van der Waals surface area (Å²) < 4.78 is 39.1. The molecule has 0 aliphatic carbocycles. The van der Waals surface area contributed by atoms with E-state index < -0.39 is 10.0 Å². The summed E-state index contributed by atoms with van der Waals surface area (Å²) in [5.41, 5.74) is 1.65. The van der Waals surface area contributed by atoms with E-state index in [1.165, 1.54) is 23.8 Å². The number of anilines is 1. The van der Waals surface area contributed by atoms with Crippen molar-refractivity contribution in [1.82, 2.24) is 9.80 Å². The van der Waals surface area contributed by atoms with E-state index in [9.17, 15) is 13.2 Å². The zero-order chi connectivity index (χ0) is 26.3. The van der Waals surface area contributed by atoms with Crippen molar-refractivity contribution in [3.63, 3.8) is 0 Å². The number of halogens is 1. The van der Waals surface area contributed by atoms with E-state index in [1.807, 2.05) is 25.1 Å². The molecule has 1 amide bonds. The van der Waals surface area contributed by atoms with Gasteiger partial charge in [-0.05, 0) is 55.0 Å². The van der Waals surface area contributed by atoms with Gasteiger partial charge in [0.2, 0.25) is 0 Å². The number of carbonyl (C=O) groups excluding carboxylic acids is 1. The molecule has 1 N–H and O–H groups in total. The van der Waals surface area contributed by atoms with Crippen LogP contribution in [0, 0.1) is 0 Å². The molecule has 0 saturated carbocycles. The highest BCUT2D eigenvalue weighted by Crippen LogP contribution is 2.29. The van der Waals surface area contributed by atoms with Crippen molar-refractivity contribution in [2.75, 3.05) is 44.1 Å². The summed E-state index contributed by atoms with van der Waals surface area (Å²) in [5, 5.41) is 0.107. The van der Waals surface area contributed by atoms with Crippen LogP contribution >= 0.6 is 11.6 Å². The monoisotopic (exact) mass is 543 g/mol. The Bertz CT molecular complexity index is 1300. The third-order valence-electron chi connectivity index (χ3n) is 5.96. The maximum Gasteiger partial charge on any atom is 0.261 e. The predicted molar refractivity (Wildman–Crippen MR) is 144 cm³/mol. The van der Waals surface area contributed by atoms with Crippen LogP contribution in [0.5, 0.6) is 11.5 Å². The third kappa shape index (κ3) is 7.38. The summed E-state index contributed by atoms with van der Waals surface area (Å²) in [6.07, 6.45) is 0. The van der Waals surface area contributed by atoms with E-state index in [-0.39, 0.29) is 28.2 Å². The molecule has 1 saturated heterocycles. The molecule has 3 aromatic carbocycles. The molecule has 196 valence electrons. The topological polar surface area (TPSA) is 88.2 Å².